The zero-order valence-corrected chi connectivity index (χ0v) is 16.2. The molecule has 0 radical (unpaired) electrons. The van der Waals surface area contributed by atoms with E-state index in [9.17, 15) is 13.2 Å². The Bertz CT molecular complexity index is 618. The van der Waals surface area contributed by atoms with Gasteiger partial charge in [-0.3, -0.25) is 4.79 Å². The maximum absolute atomic E-state index is 12.3. The molecule has 1 amide bonds. The lowest BCUT2D eigenvalue weighted by molar-refractivity contribution is -0.123. The number of hydrogen-bond donors (Lipinski definition) is 3. The van der Waals surface area contributed by atoms with Crippen LogP contribution in [0, 0.1) is 5.92 Å². The van der Waals surface area contributed by atoms with Gasteiger partial charge in [0.2, 0.25) is 5.91 Å². The summed E-state index contributed by atoms with van der Waals surface area (Å²) >= 11 is 0. The highest BCUT2D eigenvalue weighted by atomic mass is 32.2. The first-order valence-corrected chi connectivity index (χ1v) is 10.7. The van der Waals surface area contributed by atoms with Crippen molar-refractivity contribution in [3.63, 3.8) is 0 Å². The molecule has 1 aromatic carbocycles. The minimum absolute atomic E-state index is 0.0340. The van der Waals surface area contributed by atoms with Crippen molar-refractivity contribution < 1.29 is 13.2 Å². The largest absolute Gasteiger partial charge is 0.354 e. The lowest BCUT2D eigenvalue weighted by Gasteiger charge is -2.21. The van der Waals surface area contributed by atoms with Crippen molar-refractivity contribution in [1.82, 2.24) is 10.6 Å². The number of carbonyl (C=O) groups is 1. The molecule has 25 heavy (non-hydrogen) atoms. The standard InChI is InChI=1S/C18H31N3O3S/c1-14(2)12-21-18(22)17(9-10-25(3,23)24)20-13-16(19)11-15-7-5-4-6-8-15/h4-8,14,16-17,20H,9-13,19H2,1-3H3,(H,21,22)/t16-,17-/m0/s1. The van der Waals surface area contributed by atoms with Crippen LogP contribution in [0.15, 0.2) is 30.3 Å². The van der Waals surface area contributed by atoms with E-state index in [4.69, 9.17) is 5.73 Å². The average Bonchev–Trinajstić information content (AvgIpc) is 2.52. The highest BCUT2D eigenvalue weighted by Crippen LogP contribution is 2.03. The molecule has 6 nitrogen and oxygen atoms in total. The minimum Gasteiger partial charge on any atom is -0.354 e. The third-order valence-corrected chi connectivity index (χ3v) is 4.72. The van der Waals surface area contributed by atoms with Crippen molar-refractivity contribution in [3.8, 4) is 0 Å². The van der Waals surface area contributed by atoms with Crippen LogP contribution in [0.5, 0.6) is 0 Å². The molecule has 0 saturated carbocycles. The fourth-order valence-corrected chi connectivity index (χ4v) is 3.03. The molecule has 4 N–H and O–H groups in total. The summed E-state index contributed by atoms with van der Waals surface area (Å²) in [6.07, 6.45) is 2.11. The number of benzene rings is 1. The molecule has 0 saturated heterocycles. The fourth-order valence-electron chi connectivity index (χ4n) is 2.37. The fraction of sp³-hybridized carbons (Fsp3) is 0.611. The quantitative estimate of drug-likeness (QED) is 0.534. The van der Waals surface area contributed by atoms with Crippen LogP contribution >= 0.6 is 0 Å². The number of amides is 1. The Labute approximate surface area is 151 Å². The maximum atomic E-state index is 12.3. The van der Waals surface area contributed by atoms with Gasteiger partial charge in [0.1, 0.15) is 9.84 Å². The Kier molecular flexibility index (Phi) is 9.10. The highest BCUT2D eigenvalue weighted by Gasteiger charge is 2.20. The summed E-state index contributed by atoms with van der Waals surface area (Å²) in [5, 5.41) is 5.99. The second kappa shape index (κ2) is 10.5. The molecule has 0 aliphatic rings. The van der Waals surface area contributed by atoms with E-state index >= 15 is 0 Å². The molecule has 1 rings (SSSR count). The van der Waals surface area contributed by atoms with E-state index in [-0.39, 0.29) is 24.1 Å². The molecular formula is C18H31N3O3S. The van der Waals surface area contributed by atoms with Gasteiger partial charge in [-0.2, -0.15) is 0 Å². The molecule has 2 atom stereocenters. The minimum atomic E-state index is -3.12. The smallest absolute Gasteiger partial charge is 0.237 e. The van der Waals surface area contributed by atoms with Gasteiger partial charge in [0, 0.05) is 25.4 Å². The van der Waals surface area contributed by atoms with E-state index in [0.717, 1.165) is 5.56 Å². The van der Waals surface area contributed by atoms with Crippen LogP contribution in [0.2, 0.25) is 0 Å². The first-order chi connectivity index (χ1) is 11.7. The monoisotopic (exact) mass is 369 g/mol. The molecule has 0 bridgehead atoms. The van der Waals surface area contributed by atoms with Crippen LogP contribution in [0.4, 0.5) is 0 Å². The lowest BCUT2D eigenvalue weighted by Crippen LogP contribution is -2.49. The third-order valence-electron chi connectivity index (χ3n) is 3.75. The van der Waals surface area contributed by atoms with Gasteiger partial charge in [-0.1, -0.05) is 44.2 Å². The van der Waals surface area contributed by atoms with Gasteiger partial charge in [-0.25, -0.2) is 8.42 Å². The molecule has 1 aromatic rings. The topological polar surface area (TPSA) is 101 Å². The number of nitrogens with two attached hydrogens (primary N) is 1. The van der Waals surface area contributed by atoms with Crippen molar-refractivity contribution in [2.45, 2.75) is 38.8 Å². The van der Waals surface area contributed by atoms with Gasteiger partial charge in [-0.15, -0.1) is 0 Å². The van der Waals surface area contributed by atoms with Crippen LogP contribution in [0.25, 0.3) is 0 Å². The summed E-state index contributed by atoms with van der Waals surface area (Å²) < 4.78 is 22.8. The number of nitrogens with one attached hydrogen (secondary N) is 2. The average molecular weight is 370 g/mol. The normalized spacial score (nSPS) is 14.3. The van der Waals surface area contributed by atoms with Crippen LogP contribution < -0.4 is 16.4 Å². The van der Waals surface area contributed by atoms with Crippen LogP contribution in [0.3, 0.4) is 0 Å². The van der Waals surface area contributed by atoms with Gasteiger partial charge < -0.3 is 16.4 Å². The van der Waals surface area contributed by atoms with E-state index in [2.05, 4.69) is 10.6 Å². The van der Waals surface area contributed by atoms with E-state index in [0.29, 0.717) is 25.4 Å². The molecule has 0 heterocycles. The Morgan fingerprint density at radius 1 is 1.16 bits per heavy atom. The van der Waals surface area contributed by atoms with Crippen LogP contribution in [-0.4, -0.2) is 51.5 Å². The Morgan fingerprint density at radius 2 is 1.80 bits per heavy atom. The zero-order valence-electron chi connectivity index (χ0n) is 15.4. The van der Waals surface area contributed by atoms with E-state index < -0.39 is 15.9 Å². The summed E-state index contributed by atoms with van der Waals surface area (Å²) in [5.41, 5.74) is 7.28. The van der Waals surface area contributed by atoms with Crippen molar-refractivity contribution in [1.29, 1.82) is 0 Å². The molecule has 142 valence electrons. The van der Waals surface area contributed by atoms with Crippen molar-refractivity contribution in [2.75, 3.05) is 25.1 Å². The van der Waals surface area contributed by atoms with Crippen molar-refractivity contribution >= 4 is 15.7 Å². The van der Waals surface area contributed by atoms with E-state index in [1.54, 1.807) is 0 Å². The second-order valence-electron chi connectivity index (χ2n) is 6.97. The summed E-state index contributed by atoms with van der Waals surface area (Å²) in [7, 11) is -3.12. The van der Waals surface area contributed by atoms with Gasteiger partial charge in [0.05, 0.1) is 11.8 Å². The molecule has 0 fully saturated rings. The van der Waals surface area contributed by atoms with Crippen LogP contribution in [0.1, 0.15) is 25.8 Å². The molecular weight excluding hydrogens is 338 g/mol. The number of carbonyl (C=O) groups excluding carboxylic acids is 1. The Morgan fingerprint density at radius 3 is 2.36 bits per heavy atom. The molecule has 0 aliphatic carbocycles. The lowest BCUT2D eigenvalue weighted by atomic mass is 10.1. The Hall–Kier alpha value is -1.44. The number of hydrogen-bond acceptors (Lipinski definition) is 5. The van der Waals surface area contributed by atoms with Crippen molar-refractivity contribution in [2.24, 2.45) is 11.7 Å². The summed E-state index contributed by atoms with van der Waals surface area (Å²) in [6.45, 7) is 5.02. The number of sulfone groups is 1. The predicted octanol–water partition coefficient (Wildman–Crippen LogP) is 0.722. The third kappa shape index (κ3) is 10.2. The summed E-state index contributed by atoms with van der Waals surface area (Å²) in [4.78, 5) is 12.3. The van der Waals surface area contributed by atoms with E-state index in [1.165, 1.54) is 6.26 Å². The second-order valence-corrected chi connectivity index (χ2v) is 9.23. The summed E-state index contributed by atoms with van der Waals surface area (Å²) in [6, 6.07) is 9.18. The van der Waals surface area contributed by atoms with Crippen molar-refractivity contribution in [3.05, 3.63) is 35.9 Å². The molecule has 0 unspecified atom stereocenters. The maximum Gasteiger partial charge on any atom is 0.237 e. The van der Waals surface area contributed by atoms with E-state index in [1.807, 2.05) is 44.2 Å². The zero-order chi connectivity index (χ0) is 18.9. The number of rotatable bonds is 11. The molecule has 0 spiro atoms. The SMILES string of the molecule is CC(C)CNC(=O)[C@H](CCS(C)(=O)=O)NC[C@@H](N)Cc1ccccc1. The first kappa shape index (κ1) is 21.6. The highest BCUT2D eigenvalue weighted by molar-refractivity contribution is 7.90. The van der Waals surface area contributed by atoms with Gasteiger partial charge >= 0.3 is 0 Å². The van der Waals surface area contributed by atoms with Gasteiger partial charge in [0.25, 0.3) is 0 Å². The molecule has 0 aliphatic heterocycles. The molecule has 7 heteroatoms. The molecule has 0 aromatic heterocycles. The first-order valence-electron chi connectivity index (χ1n) is 8.65. The van der Waals surface area contributed by atoms with Gasteiger partial charge in [-0.05, 0) is 24.3 Å². The summed E-state index contributed by atoms with van der Waals surface area (Å²) in [5.74, 6) is 0.123. The van der Waals surface area contributed by atoms with Gasteiger partial charge in [0.15, 0.2) is 0 Å². The predicted molar refractivity (Wildman–Crippen MR) is 102 cm³/mol. The Balaban J connectivity index is 2.57. The van der Waals surface area contributed by atoms with Crippen LogP contribution in [-0.2, 0) is 21.1 Å².